The van der Waals surface area contributed by atoms with E-state index < -0.39 is 12.6 Å². The van der Waals surface area contributed by atoms with E-state index in [9.17, 15) is 13.2 Å². The highest BCUT2D eigenvalue weighted by atomic mass is 79.9. The minimum absolute atomic E-state index is 0.0565. The zero-order valence-corrected chi connectivity index (χ0v) is 11.5. The third-order valence-electron chi connectivity index (χ3n) is 2.44. The summed E-state index contributed by atoms with van der Waals surface area (Å²) in [7, 11) is 1.43. The fourth-order valence-electron chi connectivity index (χ4n) is 1.71. The number of rotatable bonds is 4. The maximum absolute atomic E-state index is 12.5. The van der Waals surface area contributed by atoms with Crippen molar-refractivity contribution >= 4 is 26.9 Å². The van der Waals surface area contributed by atoms with Crippen molar-refractivity contribution < 1.29 is 27.1 Å². The molecule has 0 amide bonds. The Kier molecular flexibility index (Phi) is 4.05. The second kappa shape index (κ2) is 5.42. The molecule has 0 atom stereocenters. The van der Waals surface area contributed by atoms with Gasteiger partial charge < -0.3 is 13.9 Å². The van der Waals surface area contributed by atoms with Crippen LogP contribution in [-0.2, 0) is 11.2 Å². The van der Waals surface area contributed by atoms with E-state index in [1.165, 1.54) is 19.4 Å². The first-order valence-corrected chi connectivity index (χ1v) is 6.08. The van der Waals surface area contributed by atoms with Crippen LogP contribution in [0.1, 0.15) is 5.56 Å². The lowest BCUT2D eigenvalue weighted by molar-refractivity contribution is -0.127. The number of hydrogen-bond donors (Lipinski definition) is 0. The highest BCUT2D eigenvalue weighted by Gasteiger charge is 2.30. The van der Waals surface area contributed by atoms with E-state index in [0.29, 0.717) is 11.0 Å². The summed E-state index contributed by atoms with van der Waals surface area (Å²) in [5.41, 5.74) is 0.398. The summed E-state index contributed by atoms with van der Waals surface area (Å²) in [4.78, 5) is 0. The lowest BCUT2D eigenvalue weighted by Gasteiger charge is -2.13. The summed E-state index contributed by atoms with van der Waals surface area (Å²) in [6.45, 7) is -0.0612. The number of benzene rings is 1. The van der Waals surface area contributed by atoms with E-state index in [1.807, 2.05) is 0 Å². The molecule has 19 heavy (non-hydrogen) atoms. The summed E-state index contributed by atoms with van der Waals surface area (Å²) in [6, 6.07) is 2.98. The molecule has 0 spiro atoms. The van der Waals surface area contributed by atoms with Crippen molar-refractivity contribution in [1.82, 2.24) is 0 Å². The third kappa shape index (κ3) is 3.22. The standard InChI is InChI=1S/C12H10BrF3O3/c1-17-6-19-11-8-2-3-18-9(8)4-7(10(11)13)5-12(14,15)16/h2-4H,5-6H2,1H3. The monoisotopic (exact) mass is 338 g/mol. The highest BCUT2D eigenvalue weighted by Crippen LogP contribution is 2.39. The summed E-state index contributed by atoms with van der Waals surface area (Å²) in [5, 5.41) is 0.592. The predicted molar refractivity (Wildman–Crippen MR) is 66.2 cm³/mol. The van der Waals surface area contributed by atoms with Crippen molar-refractivity contribution in [2.24, 2.45) is 0 Å². The molecule has 1 aromatic heterocycles. The Morgan fingerprint density at radius 3 is 2.74 bits per heavy atom. The van der Waals surface area contributed by atoms with Crippen molar-refractivity contribution in [2.75, 3.05) is 13.9 Å². The number of fused-ring (bicyclic) bond motifs is 1. The van der Waals surface area contributed by atoms with Crippen LogP contribution in [0.5, 0.6) is 5.75 Å². The Morgan fingerprint density at radius 1 is 1.37 bits per heavy atom. The van der Waals surface area contributed by atoms with Gasteiger partial charge in [0.15, 0.2) is 6.79 Å². The Morgan fingerprint density at radius 2 is 2.11 bits per heavy atom. The van der Waals surface area contributed by atoms with E-state index in [1.54, 1.807) is 6.07 Å². The molecule has 0 N–H and O–H groups in total. The number of methoxy groups -OCH3 is 1. The summed E-state index contributed by atoms with van der Waals surface area (Å²) in [5.74, 6) is 0.285. The van der Waals surface area contributed by atoms with Gasteiger partial charge in [-0.1, -0.05) is 0 Å². The van der Waals surface area contributed by atoms with Gasteiger partial charge in [0, 0.05) is 7.11 Å². The van der Waals surface area contributed by atoms with Gasteiger partial charge in [-0.25, -0.2) is 0 Å². The van der Waals surface area contributed by atoms with Crippen LogP contribution >= 0.6 is 15.9 Å². The number of ether oxygens (including phenoxy) is 2. The average molecular weight is 339 g/mol. The minimum Gasteiger partial charge on any atom is -0.466 e. The Labute approximate surface area is 115 Å². The van der Waals surface area contributed by atoms with Crippen LogP contribution < -0.4 is 4.74 Å². The van der Waals surface area contributed by atoms with Crippen LogP contribution in [0, 0.1) is 0 Å². The van der Waals surface area contributed by atoms with E-state index in [-0.39, 0.29) is 22.6 Å². The maximum atomic E-state index is 12.5. The van der Waals surface area contributed by atoms with E-state index in [2.05, 4.69) is 15.9 Å². The van der Waals surface area contributed by atoms with E-state index >= 15 is 0 Å². The van der Waals surface area contributed by atoms with Crippen molar-refractivity contribution in [3.05, 3.63) is 28.4 Å². The molecular weight excluding hydrogens is 329 g/mol. The number of halogens is 4. The molecule has 0 saturated heterocycles. The van der Waals surface area contributed by atoms with Gasteiger partial charge in [0.2, 0.25) is 0 Å². The van der Waals surface area contributed by atoms with Crippen molar-refractivity contribution in [3.63, 3.8) is 0 Å². The van der Waals surface area contributed by atoms with E-state index in [4.69, 9.17) is 13.9 Å². The normalized spacial score (nSPS) is 12.1. The number of hydrogen-bond acceptors (Lipinski definition) is 3. The molecule has 0 aliphatic carbocycles. The molecule has 2 rings (SSSR count). The van der Waals surface area contributed by atoms with Crippen LogP contribution in [0.3, 0.4) is 0 Å². The molecule has 0 bridgehead atoms. The van der Waals surface area contributed by atoms with Gasteiger partial charge >= 0.3 is 6.18 Å². The second-order valence-electron chi connectivity index (χ2n) is 3.85. The van der Waals surface area contributed by atoms with E-state index in [0.717, 1.165) is 0 Å². The third-order valence-corrected chi connectivity index (χ3v) is 3.31. The molecule has 7 heteroatoms. The van der Waals surface area contributed by atoms with Crippen molar-refractivity contribution in [3.8, 4) is 5.75 Å². The van der Waals surface area contributed by atoms with Gasteiger partial charge in [0.05, 0.1) is 22.5 Å². The van der Waals surface area contributed by atoms with Crippen LogP contribution in [0.2, 0.25) is 0 Å². The molecule has 0 unspecified atom stereocenters. The molecule has 0 aliphatic rings. The fourth-order valence-corrected chi connectivity index (χ4v) is 2.29. The molecule has 3 nitrogen and oxygen atoms in total. The first-order chi connectivity index (χ1) is 8.92. The Bertz CT molecular complexity index is 577. The lowest BCUT2D eigenvalue weighted by atomic mass is 10.1. The quantitative estimate of drug-likeness (QED) is 0.779. The molecule has 0 saturated carbocycles. The smallest absolute Gasteiger partial charge is 0.393 e. The maximum Gasteiger partial charge on any atom is 0.393 e. The largest absolute Gasteiger partial charge is 0.466 e. The van der Waals surface area contributed by atoms with Gasteiger partial charge in [-0.2, -0.15) is 13.2 Å². The molecule has 1 aromatic carbocycles. The Hall–Kier alpha value is -1.21. The molecular formula is C12H10BrF3O3. The first-order valence-electron chi connectivity index (χ1n) is 5.29. The fraction of sp³-hybridized carbons (Fsp3) is 0.333. The van der Waals surface area contributed by atoms with Crippen LogP contribution in [0.25, 0.3) is 11.0 Å². The topological polar surface area (TPSA) is 31.6 Å². The predicted octanol–water partition coefficient (Wildman–Crippen LogP) is 4.28. The zero-order valence-electron chi connectivity index (χ0n) is 9.88. The average Bonchev–Trinajstić information content (AvgIpc) is 2.75. The molecule has 0 aliphatic heterocycles. The van der Waals surface area contributed by atoms with Gasteiger partial charge in [-0.05, 0) is 33.6 Å². The SMILES string of the molecule is COCOc1c(Br)c(CC(F)(F)F)cc2occc12. The van der Waals surface area contributed by atoms with Crippen LogP contribution in [0.4, 0.5) is 13.2 Å². The van der Waals surface area contributed by atoms with Gasteiger partial charge in [-0.15, -0.1) is 0 Å². The molecule has 1 heterocycles. The molecule has 0 fully saturated rings. The highest BCUT2D eigenvalue weighted by molar-refractivity contribution is 9.10. The first kappa shape index (κ1) is 14.2. The summed E-state index contributed by atoms with van der Waals surface area (Å²) < 4.78 is 53.0. The molecule has 2 aromatic rings. The van der Waals surface area contributed by atoms with Crippen LogP contribution in [-0.4, -0.2) is 20.1 Å². The number of furan rings is 1. The summed E-state index contributed by atoms with van der Waals surface area (Å²) in [6.07, 6.45) is -3.97. The minimum atomic E-state index is -4.30. The van der Waals surface area contributed by atoms with Crippen molar-refractivity contribution in [1.29, 1.82) is 0 Å². The van der Waals surface area contributed by atoms with Gasteiger partial charge in [0.25, 0.3) is 0 Å². The lowest BCUT2D eigenvalue weighted by Crippen LogP contribution is -2.12. The van der Waals surface area contributed by atoms with Crippen LogP contribution in [0.15, 0.2) is 27.3 Å². The summed E-state index contributed by atoms with van der Waals surface area (Å²) >= 11 is 3.15. The molecule has 0 radical (unpaired) electrons. The second-order valence-corrected chi connectivity index (χ2v) is 4.65. The molecule has 104 valence electrons. The zero-order chi connectivity index (χ0) is 14.0. The Balaban J connectivity index is 2.50. The van der Waals surface area contributed by atoms with Gasteiger partial charge in [0.1, 0.15) is 11.3 Å². The number of alkyl halides is 3. The van der Waals surface area contributed by atoms with Crippen molar-refractivity contribution in [2.45, 2.75) is 12.6 Å². The van der Waals surface area contributed by atoms with Gasteiger partial charge in [-0.3, -0.25) is 0 Å².